The molecule has 4 aromatic rings. The molecule has 0 saturated heterocycles. The monoisotopic (exact) mass is 523 g/mol. The molecule has 5 rings (SSSR count). The Kier molecular flexibility index (Phi) is 7.00. The van der Waals surface area contributed by atoms with Crippen molar-refractivity contribution in [2.45, 2.75) is 44.7 Å². The molecule has 2 heterocycles. The summed E-state index contributed by atoms with van der Waals surface area (Å²) in [6.07, 6.45) is 4.20. The molecule has 0 fully saturated rings. The van der Waals surface area contributed by atoms with Crippen LogP contribution in [0.5, 0.6) is 0 Å². The second-order valence-corrected chi connectivity index (χ2v) is 11.3. The number of nitrogens with zero attached hydrogens (tertiary/aromatic N) is 2. The standard InChI is InChI=1S/C27H26ClN3O2S2/c1-3-17-10-12-20-22(13-17)35-25-24(20)26(33)31(19-7-5-4-6-8-19)27(30-25)34-15-23(32)29-21-14-18(28)11-9-16(21)2/h4-9,11,14,17H,3,10,12-13,15H2,1-2H3,(H,29,32). The Morgan fingerprint density at radius 2 is 2.06 bits per heavy atom. The third-order valence-corrected chi connectivity index (χ3v) is 8.87. The number of para-hydroxylation sites is 1. The number of halogens is 1. The molecule has 0 aliphatic heterocycles. The minimum Gasteiger partial charge on any atom is -0.325 e. The fraction of sp³-hybridized carbons (Fsp3) is 0.296. The number of anilines is 1. The van der Waals surface area contributed by atoms with Gasteiger partial charge in [-0.15, -0.1) is 11.3 Å². The lowest BCUT2D eigenvalue weighted by Crippen LogP contribution is -2.23. The van der Waals surface area contributed by atoms with Gasteiger partial charge in [0.1, 0.15) is 4.83 Å². The first-order valence-electron chi connectivity index (χ1n) is 11.8. The highest BCUT2D eigenvalue weighted by atomic mass is 35.5. The lowest BCUT2D eigenvalue weighted by molar-refractivity contribution is -0.113. The first kappa shape index (κ1) is 24.1. The summed E-state index contributed by atoms with van der Waals surface area (Å²) in [6, 6.07) is 14.9. The van der Waals surface area contributed by atoms with Crippen LogP contribution in [0.2, 0.25) is 5.02 Å². The number of fused-ring (bicyclic) bond motifs is 3. The van der Waals surface area contributed by atoms with Crippen molar-refractivity contribution in [3.63, 3.8) is 0 Å². The van der Waals surface area contributed by atoms with Crippen LogP contribution in [0.25, 0.3) is 15.9 Å². The van der Waals surface area contributed by atoms with Gasteiger partial charge in [0, 0.05) is 15.6 Å². The second-order valence-electron chi connectivity index (χ2n) is 8.87. The topological polar surface area (TPSA) is 64.0 Å². The SMILES string of the molecule is CCC1CCc2c(sc3nc(SCC(=O)Nc4cc(Cl)ccc4C)n(-c4ccccc4)c(=O)c23)C1. The van der Waals surface area contributed by atoms with E-state index in [1.54, 1.807) is 28.0 Å². The number of hydrogen-bond acceptors (Lipinski definition) is 5. The molecule has 8 heteroatoms. The van der Waals surface area contributed by atoms with E-state index in [2.05, 4.69) is 12.2 Å². The van der Waals surface area contributed by atoms with Crippen molar-refractivity contribution in [2.24, 2.45) is 5.92 Å². The highest BCUT2D eigenvalue weighted by Gasteiger charge is 2.26. The summed E-state index contributed by atoms with van der Waals surface area (Å²) in [7, 11) is 0. The van der Waals surface area contributed by atoms with E-state index in [9.17, 15) is 9.59 Å². The highest BCUT2D eigenvalue weighted by molar-refractivity contribution is 7.99. The van der Waals surface area contributed by atoms with Crippen LogP contribution in [0.4, 0.5) is 5.69 Å². The average molecular weight is 524 g/mol. The maximum Gasteiger partial charge on any atom is 0.267 e. The second kappa shape index (κ2) is 10.2. The summed E-state index contributed by atoms with van der Waals surface area (Å²) in [6.45, 7) is 4.15. The summed E-state index contributed by atoms with van der Waals surface area (Å²) < 4.78 is 1.66. The molecule has 1 amide bonds. The van der Waals surface area contributed by atoms with Gasteiger partial charge in [-0.25, -0.2) is 4.98 Å². The number of aryl methyl sites for hydroxylation is 2. The number of carbonyl (C=O) groups is 1. The van der Waals surface area contributed by atoms with Crippen LogP contribution in [0.3, 0.4) is 0 Å². The number of nitrogens with one attached hydrogen (secondary N) is 1. The van der Waals surface area contributed by atoms with Crippen LogP contribution in [0.1, 0.15) is 35.8 Å². The van der Waals surface area contributed by atoms with E-state index in [0.717, 1.165) is 47.2 Å². The Morgan fingerprint density at radius 3 is 2.83 bits per heavy atom. The van der Waals surface area contributed by atoms with Gasteiger partial charge in [-0.05, 0) is 67.5 Å². The first-order valence-corrected chi connectivity index (χ1v) is 13.9. The molecule has 1 atom stereocenters. The van der Waals surface area contributed by atoms with Crippen molar-refractivity contribution in [2.75, 3.05) is 11.1 Å². The van der Waals surface area contributed by atoms with Crippen molar-refractivity contribution < 1.29 is 4.79 Å². The van der Waals surface area contributed by atoms with Crippen LogP contribution in [0, 0.1) is 12.8 Å². The van der Waals surface area contributed by atoms with Gasteiger partial charge < -0.3 is 5.32 Å². The van der Waals surface area contributed by atoms with E-state index < -0.39 is 0 Å². The van der Waals surface area contributed by atoms with E-state index in [1.165, 1.54) is 22.2 Å². The molecule has 0 saturated carbocycles. The molecule has 5 nitrogen and oxygen atoms in total. The normalized spacial score (nSPS) is 15.2. The molecular weight excluding hydrogens is 498 g/mol. The zero-order valence-electron chi connectivity index (χ0n) is 19.6. The lowest BCUT2D eigenvalue weighted by Gasteiger charge is -2.20. The van der Waals surface area contributed by atoms with E-state index in [4.69, 9.17) is 16.6 Å². The third kappa shape index (κ3) is 4.90. The van der Waals surface area contributed by atoms with Crippen molar-refractivity contribution in [1.29, 1.82) is 0 Å². The van der Waals surface area contributed by atoms with Crippen molar-refractivity contribution in [3.8, 4) is 5.69 Å². The van der Waals surface area contributed by atoms with Crippen LogP contribution in [0.15, 0.2) is 58.5 Å². The van der Waals surface area contributed by atoms with Crippen LogP contribution < -0.4 is 10.9 Å². The zero-order chi connectivity index (χ0) is 24.5. The summed E-state index contributed by atoms with van der Waals surface area (Å²) in [5.41, 5.74) is 3.49. The predicted molar refractivity (Wildman–Crippen MR) is 147 cm³/mol. The zero-order valence-corrected chi connectivity index (χ0v) is 22.0. The van der Waals surface area contributed by atoms with Gasteiger partial charge in [0.25, 0.3) is 5.56 Å². The molecular formula is C27H26ClN3O2S2. The number of benzene rings is 2. The highest BCUT2D eigenvalue weighted by Crippen LogP contribution is 2.38. The van der Waals surface area contributed by atoms with E-state index in [1.807, 2.05) is 43.3 Å². The van der Waals surface area contributed by atoms with Gasteiger partial charge in [0.15, 0.2) is 5.16 Å². The third-order valence-electron chi connectivity index (χ3n) is 6.55. The fourth-order valence-corrected chi connectivity index (χ4v) is 6.93. The lowest BCUT2D eigenvalue weighted by atomic mass is 9.86. The van der Waals surface area contributed by atoms with Crippen molar-refractivity contribution >= 4 is 56.5 Å². The van der Waals surface area contributed by atoms with E-state index in [-0.39, 0.29) is 17.2 Å². The van der Waals surface area contributed by atoms with Gasteiger partial charge in [-0.3, -0.25) is 14.2 Å². The average Bonchev–Trinajstić information content (AvgIpc) is 3.23. The molecule has 2 aromatic heterocycles. The van der Waals surface area contributed by atoms with Gasteiger partial charge >= 0.3 is 0 Å². The number of thioether (sulfide) groups is 1. The van der Waals surface area contributed by atoms with Gasteiger partial charge in [-0.2, -0.15) is 0 Å². The Hall–Kier alpha value is -2.61. The summed E-state index contributed by atoms with van der Waals surface area (Å²) >= 11 is 9.00. The van der Waals surface area contributed by atoms with Crippen LogP contribution in [-0.4, -0.2) is 21.2 Å². The predicted octanol–water partition coefficient (Wildman–Crippen LogP) is 6.65. The minimum atomic E-state index is -0.175. The van der Waals surface area contributed by atoms with Crippen molar-refractivity contribution in [3.05, 3.63) is 79.9 Å². The Balaban J connectivity index is 1.51. The van der Waals surface area contributed by atoms with Crippen molar-refractivity contribution in [1.82, 2.24) is 9.55 Å². The molecule has 35 heavy (non-hydrogen) atoms. The maximum atomic E-state index is 13.9. The molecule has 0 bridgehead atoms. The number of aromatic nitrogens is 2. The number of thiophene rings is 1. The Labute approximate surface area is 217 Å². The van der Waals surface area contributed by atoms with Gasteiger partial charge in [-0.1, -0.05) is 61.0 Å². The number of hydrogen-bond donors (Lipinski definition) is 1. The van der Waals surface area contributed by atoms with Crippen LogP contribution in [-0.2, 0) is 17.6 Å². The summed E-state index contributed by atoms with van der Waals surface area (Å²) in [4.78, 5) is 33.6. The molecule has 0 radical (unpaired) electrons. The molecule has 1 aliphatic rings. The largest absolute Gasteiger partial charge is 0.325 e. The smallest absolute Gasteiger partial charge is 0.267 e. The molecule has 1 unspecified atom stereocenters. The molecule has 2 aromatic carbocycles. The van der Waals surface area contributed by atoms with Gasteiger partial charge in [0.2, 0.25) is 5.91 Å². The number of amides is 1. The summed E-state index contributed by atoms with van der Waals surface area (Å²) in [5.74, 6) is 0.615. The number of carbonyl (C=O) groups excluding carboxylic acids is 1. The molecule has 0 spiro atoms. The maximum absolute atomic E-state index is 13.9. The van der Waals surface area contributed by atoms with E-state index >= 15 is 0 Å². The van der Waals surface area contributed by atoms with Gasteiger partial charge in [0.05, 0.1) is 16.8 Å². The molecule has 180 valence electrons. The molecule has 1 N–H and O–H groups in total. The fourth-order valence-electron chi connectivity index (χ4n) is 4.57. The Morgan fingerprint density at radius 1 is 1.26 bits per heavy atom. The Bertz CT molecular complexity index is 1460. The van der Waals surface area contributed by atoms with E-state index in [0.29, 0.717) is 21.8 Å². The number of rotatable bonds is 6. The summed E-state index contributed by atoms with van der Waals surface area (Å²) in [5, 5.41) is 4.76. The van der Waals surface area contributed by atoms with Crippen LogP contribution >= 0.6 is 34.7 Å². The molecule has 1 aliphatic carbocycles. The first-order chi connectivity index (χ1) is 16.9. The quantitative estimate of drug-likeness (QED) is 0.227. The minimum absolute atomic E-state index is 0.0535.